The Morgan fingerprint density at radius 3 is 2.52 bits per heavy atom. The van der Waals surface area contributed by atoms with Crippen molar-refractivity contribution in [3.05, 3.63) is 76.8 Å². The van der Waals surface area contributed by atoms with Crippen molar-refractivity contribution >= 4 is 29.8 Å². The molecule has 0 saturated carbocycles. The van der Waals surface area contributed by atoms with Crippen molar-refractivity contribution in [2.24, 2.45) is 5.10 Å². The van der Waals surface area contributed by atoms with Gasteiger partial charge < -0.3 is 0 Å². The molecule has 0 aliphatic rings. The normalized spacial score (nSPS) is 11.1. The Kier molecular flexibility index (Phi) is 5.73. The van der Waals surface area contributed by atoms with Crippen LogP contribution < -0.4 is 5.43 Å². The van der Waals surface area contributed by atoms with Gasteiger partial charge in [0.05, 0.1) is 6.42 Å². The van der Waals surface area contributed by atoms with E-state index < -0.39 is 0 Å². The van der Waals surface area contributed by atoms with Gasteiger partial charge in [-0.2, -0.15) is 5.10 Å². The van der Waals surface area contributed by atoms with Crippen LogP contribution >= 0.6 is 11.6 Å². The van der Waals surface area contributed by atoms with Gasteiger partial charge in [-0.05, 0) is 29.3 Å². The summed E-state index contributed by atoms with van der Waals surface area (Å²) < 4.78 is 0. The summed E-state index contributed by atoms with van der Waals surface area (Å²) in [7, 11) is 0. The molecule has 0 saturated heterocycles. The van der Waals surface area contributed by atoms with Crippen molar-refractivity contribution in [1.82, 2.24) is 5.43 Å². The summed E-state index contributed by atoms with van der Waals surface area (Å²) in [5.74, 6) is -0.165. The molecule has 2 aromatic carbocycles. The smallest absolute Gasteiger partial charge is 0.244 e. The van der Waals surface area contributed by atoms with Gasteiger partial charge in [0.1, 0.15) is 0 Å². The highest BCUT2D eigenvalue weighted by molar-refractivity contribution is 6.30. The van der Waals surface area contributed by atoms with Crippen LogP contribution in [0.1, 0.15) is 11.1 Å². The van der Waals surface area contributed by atoms with Gasteiger partial charge in [-0.3, -0.25) is 4.79 Å². The fourth-order valence-corrected chi connectivity index (χ4v) is 1.82. The lowest BCUT2D eigenvalue weighted by molar-refractivity contribution is -0.120. The monoisotopic (exact) mass is 298 g/mol. The molecule has 0 aromatic heterocycles. The van der Waals surface area contributed by atoms with Crippen molar-refractivity contribution in [2.75, 3.05) is 0 Å². The molecule has 0 bridgehead atoms. The van der Waals surface area contributed by atoms with E-state index in [2.05, 4.69) is 10.5 Å². The Morgan fingerprint density at radius 1 is 1.10 bits per heavy atom. The molecule has 0 fully saturated rings. The van der Waals surface area contributed by atoms with Gasteiger partial charge in [0.15, 0.2) is 0 Å². The predicted molar refractivity (Wildman–Crippen MR) is 87.3 cm³/mol. The quantitative estimate of drug-likeness (QED) is 0.664. The van der Waals surface area contributed by atoms with Gasteiger partial charge in [-0.15, -0.1) is 0 Å². The third-order valence-corrected chi connectivity index (χ3v) is 2.97. The van der Waals surface area contributed by atoms with Crippen molar-refractivity contribution in [3.8, 4) is 0 Å². The van der Waals surface area contributed by atoms with Crippen LogP contribution in [0, 0.1) is 0 Å². The molecule has 0 unspecified atom stereocenters. The molecule has 2 aromatic rings. The number of halogens is 1. The first-order valence-electron chi connectivity index (χ1n) is 6.52. The zero-order valence-corrected chi connectivity index (χ0v) is 12.1. The summed E-state index contributed by atoms with van der Waals surface area (Å²) in [4.78, 5) is 11.6. The molecular formula is C17H15ClN2O. The van der Waals surface area contributed by atoms with E-state index in [9.17, 15) is 4.79 Å². The highest BCUT2D eigenvalue weighted by Gasteiger charge is 2.01. The number of hydrogen-bond acceptors (Lipinski definition) is 2. The average molecular weight is 299 g/mol. The fourth-order valence-electron chi connectivity index (χ4n) is 1.70. The number of allylic oxidation sites excluding steroid dienone is 1. The number of benzene rings is 2. The minimum atomic E-state index is -0.165. The molecule has 0 spiro atoms. The molecule has 2 rings (SSSR count). The third kappa shape index (κ3) is 5.63. The molecule has 0 aliphatic heterocycles. The number of hydrogen-bond donors (Lipinski definition) is 1. The van der Waals surface area contributed by atoms with Crippen LogP contribution in [-0.2, 0) is 11.2 Å². The second-order valence-electron chi connectivity index (χ2n) is 4.39. The lowest BCUT2D eigenvalue weighted by Crippen LogP contribution is -2.19. The Bertz CT molecular complexity index is 634. The summed E-state index contributed by atoms with van der Waals surface area (Å²) >= 11 is 5.79. The van der Waals surface area contributed by atoms with E-state index in [4.69, 9.17) is 11.6 Å². The summed E-state index contributed by atoms with van der Waals surface area (Å²) in [6.07, 6.45) is 5.51. The first kappa shape index (κ1) is 15.0. The zero-order valence-electron chi connectivity index (χ0n) is 11.4. The second-order valence-corrected chi connectivity index (χ2v) is 4.82. The van der Waals surface area contributed by atoms with Gasteiger partial charge in [-0.1, -0.05) is 60.1 Å². The highest BCUT2D eigenvalue weighted by Crippen LogP contribution is 2.09. The molecule has 4 heteroatoms. The molecule has 21 heavy (non-hydrogen) atoms. The Morgan fingerprint density at radius 2 is 1.81 bits per heavy atom. The molecule has 0 aliphatic carbocycles. The minimum Gasteiger partial charge on any atom is -0.273 e. The average Bonchev–Trinajstić information content (AvgIpc) is 2.50. The maximum Gasteiger partial charge on any atom is 0.244 e. The SMILES string of the molecule is O=C(Cc1ccc(Cl)cc1)NN=CC=Cc1ccccc1. The van der Waals surface area contributed by atoms with E-state index in [1.165, 1.54) is 0 Å². The number of amides is 1. The Hall–Kier alpha value is -2.39. The van der Waals surface area contributed by atoms with Gasteiger partial charge in [0.25, 0.3) is 0 Å². The van der Waals surface area contributed by atoms with E-state index >= 15 is 0 Å². The van der Waals surface area contributed by atoms with Gasteiger partial charge in [0.2, 0.25) is 5.91 Å². The lowest BCUT2D eigenvalue weighted by atomic mass is 10.1. The van der Waals surface area contributed by atoms with Crippen LogP contribution in [-0.4, -0.2) is 12.1 Å². The van der Waals surface area contributed by atoms with Crippen LogP contribution in [0.4, 0.5) is 0 Å². The number of carbonyl (C=O) groups excluding carboxylic acids is 1. The van der Waals surface area contributed by atoms with Crippen molar-refractivity contribution < 1.29 is 4.79 Å². The maximum absolute atomic E-state index is 11.6. The van der Waals surface area contributed by atoms with Crippen molar-refractivity contribution in [1.29, 1.82) is 0 Å². The van der Waals surface area contributed by atoms with Gasteiger partial charge in [-0.25, -0.2) is 5.43 Å². The van der Waals surface area contributed by atoms with Crippen LogP contribution in [0.25, 0.3) is 6.08 Å². The summed E-state index contributed by atoms with van der Waals surface area (Å²) in [6.45, 7) is 0. The number of rotatable bonds is 5. The second kappa shape index (κ2) is 8.02. The van der Waals surface area contributed by atoms with Crippen LogP contribution in [0.3, 0.4) is 0 Å². The Labute approximate surface area is 129 Å². The molecule has 1 N–H and O–H groups in total. The van der Waals surface area contributed by atoms with Crippen LogP contribution in [0.5, 0.6) is 0 Å². The fraction of sp³-hybridized carbons (Fsp3) is 0.0588. The summed E-state index contributed by atoms with van der Waals surface area (Å²) in [6, 6.07) is 17.0. The number of nitrogens with zero attached hydrogens (tertiary/aromatic N) is 1. The van der Waals surface area contributed by atoms with E-state index in [1.54, 1.807) is 24.4 Å². The van der Waals surface area contributed by atoms with Crippen molar-refractivity contribution in [2.45, 2.75) is 6.42 Å². The number of nitrogens with one attached hydrogen (secondary N) is 1. The van der Waals surface area contributed by atoms with Gasteiger partial charge in [0, 0.05) is 11.2 Å². The maximum atomic E-state index is 11.6. The number of hydrazone groups is 1. The Balaban J connectivity index is 1.77. The molecular weight excluding hydrogens is 284 g/mol. The molecule has 0 atom stereocenters. The van der Waals surface area contributed by atoms with E-state index in [1.807, 2.05) is 48.5 Å². The van der Waals surface area contributed by atoms with Crippen LogP contribution in [0.15, 0.2) is 65.8 Å². The minimum absolute atomic E-state index is 0.165. The largest absolute Gasteiger partial charge is 0.273 e. The first-order valence-corrected chi connectivity index (χ1v) is 6.90. The molecule has 0 radical (unpaired) electrons. The molecule has 3 nitrogen and oxygen atoms in total. The highest BCUT2D eigenvalue weighted by atomic mass is 35.5. The first-order chi connectivity index (χ1) is 10.2. The van der Waals surface area contributed by atoms with Crippen LogP contribution in [0.2, 0.25) is 5.02 Å². The predicted octanol–water partition coefficient (Wildman–Crippen LogP) is 3.70. The van der Waals surface area contributed by atoms with E-state index in [0.717, 1.165) is 11.1 Å². The topological polar surface area (TPSA) is 41.5 Å². The van der Waals surface area contributed by atoms with E-state index in [-0.39, 0.29) is 12.3 Å². The zero-order chi connectivity index (χ0) is 14.9. The lowest BCUT2D eigenvalue weighted by Gasteiger charge is -2.00. The van der Waals surface area contributed by atoms with Gasteiger partial charge >= 0.3 is 0 Å². The molecule has 1 amide bonds. The van der Waals surface area contributed by atoms with E-state index in [0.29, 0.717) is 5.02 Å². The third-order valence-electron chi connectivity index (χ3n) is 2.72. The molecule has 106 valence electrons. The van der Waals surface area contributed by atoms with Crippen molar-refractivity contribution in [3.63, 3.8) is 0 Å². The standard InChI is InChI=1S/C17H15ClN2O/c18-16-10-8-15(9-11-16)13-17(21)20-19-12-4-7-14-5-2-1-3-6-14/h1-12H,13H2,(H,20,21). The molecule has 0 heterocycles. The summed E-state index contributed by atoms with van der Waals surface area (Å²) in [5, 5.41) is 4.52. The number of carbonyl (C=O) groups is 1. The summed E-state index contributed by atoms with van der Waals surface area (Å²) in [5.41, 5.74) is 4.45.